The second-order valence-electron chi connectivity index (χ2n) is 4.72. The van der Waals surface area contributed by atoms with Crippen molar-refractivity contribution in [3.8, 4) is 0 Å². The maximum Gasteiger partial charge on any atom is 0.0534 e. The van der Waals surface area contributed by atoms with Gasteiger partial charge in [-0.2, -0.15) is 0 Å². The molecule has 0 spiro atoms. The van der Waals surface area contributed by atoms with Crippen LogP contribution >= 0.6 is 43.2 Å². The smallest absolute Gasteiger partial charge is 0.0534 e. The van der Waals surface area contributed by atoms with Crippen LogP contribution in [0.25, 0.3) is 0 Å². The van der Waals surface area contributed by atoms with E-state index in [9.17, 15) is 0 Å². The van der Waals surface area contributed by atoms with Gasteiger partial charge in [0, 0.05) is 9.35 Å². The first-order chi connectivity index (χ1) is 7.29. The predicted molar refractivity (Wildman–Crippen MR) is 72.6 cm³/mol. The Kier molecular flexibility index (Phi) is 2.99. The molecule has 3 heteroatoms. The van der Waals surface area contributed by atoms with E-state index >= 15 is 0 Å². The highest BCUT2D eigenvalue weighted by Gasteiger charge is 2.54. The highest BCUT2D eigenvalue weighted by atomic mass is 79.9. The van der Waals surface area contributed by atoms with Crippen LogP contribution < -0.4 is 0 Å². The molecule has 2 aliphatic rings. The molecule has 0 saturated heterocycles. The van der Waals surface area contributed by atoms with Gasteiger partial charge in [0.05, 0.1) is 4.83 Å². The normalized spacial score (nSPS) is 36.0. The molecule has 1 aromatic rings. The molecule has 3 unspecified atom stereocenters. The molecule has 0 radical (unpaired) electrons. The van der Waals surface area contributed by atoms with E-state index in [1.807, 2.05) is 11.3 Å². The lowest BCUT2D eigenvalue weighted by Gasteiger charge is -2.07. The van der Waals surface area contributed by atoms with E-state index in [-0.39, 0.29) is 0 Å². The number of rotatable bonds is 2. The molecule has 0 bridgehead atoms. The highest BCUT2D eigenvalue weighted by molar-refractivity contribution is 9.11. The zero-order valence-electron chi connectivity index (χ0n) is 8.46. The molecule has 82 valence electrons. The quantitative estimate of drug-likeness (QED) is 0.628. The van der Waals surface area contributed by atoms with Crippen molar-refractivity contribution in [2.24, 2.45) is 17.8 Å². The van der Waals surface area contributed by atoms with Crippen LogP contribution in [0.4, 0.5) is 0 Å². The van der Waals surface area contributed by atoms with Crippen LogP contribution in [0.15, 0.2) is 15.9 Å². The summed E-state index contributed by atoms with van der Waals surface area (Å²) in [7, 11) is 0. The van der Waals surface area contributed by atoms with Gasteiger partial charge in [-0.15, -0.1) is 11.3 Å². The van der Waals surface area contributed by atoms with E-state index < -0.39 is 0 Å². The molecule has 2 saturated carbocycles. The van der Waals surface area contributed by atoms with Crippen molar-refractivity contribution in [3.63, 3.8) is 0 Å². The maximum absolute atomic E-state index is 3.91. The Labute approximate surface area is 112 Å². The molecule has 0 nitrogen and oxygen atoms in total. The highest BCUT2D eigenvalue weighted by Crippen LogP contribution is 2.63. The number of hydrogen-bond donors (Lipinski definition) is 0. The van der Waals surface area contributed by atoms with E-state index in [4.69, 9.17) is 0 Å². The van der Waals surface area contributed by atoms with Crippen molar-refractivity contribution in [1.82, 2.24) is 0 Å². The predicted octanol–water partition coefficient (Wildman–Crippen LogP) is 5.38. The van der Waals surface area contributed by atoms with Crippen molar-refractivity contribution in [3.05, 3.63) is 20.8 Å². The molecule has 2 fully saturated rings. The molecule has 3 rings (SSSR count). The number of thiophene rings is 1. The Balaban J connectivity index is 1.76. The standard InChI is InChI=1S/C12H14Br2S/c13-9-5-6-15-12(9)11(14)10-7-3-1-2-4-8(7)10/h5-8,10-11H,1-4H2. The van der Waals surface area contributed by atoms with E-state index in [1.54, 1.807) is 0 Å². The van der Waals surface area contributed by atoms with Gasteiger partial charge in [0.1, 0.15) is 0 Å². The topological polar surface area (TPSA) is 0 Å². The first kappa shape index (κ1) is 10.8. The van der Waals surface area contributed by atoms with Gasteiger partial charge in [0.15, 0.2) is 0 Å². The average Bonchev–Trinajstić information content (AvgIpc) is 2.83. The lowest BCUT2D eigenvalue weighted by atomic mass is 10.0. The average molecular weight is 350 g/mol. The fourth-order valence-corrected chi connectivity index (χ4v) is 6.47. The van der Waals surface area contributed by atoms with Crippen LogP contribution in [-0.4, -0.2) is 0 Å². The largest absolute Gasteiger partial charge is 0.147 e. The SMILES string of the molecule is Brc1ccsc1C(Br)C1C2CCCCC21. The van der Waals surface area contributed by atoms with Gasteiger partial charge in [-0.1, -0.05) is 28.8 Å². The van der Waals surface area contributed by atoms with E-state index in [0.717, 1.165) is 17.8 Å². The lowest BCUT2D eigenvalue weighted by Crippen LogP contribution is -1.92. The molecule has 1 heterocycles. The first-order valence-corrected chi connectivity index (χ1v) is 8.25. The third-order valence-electron chi connectivity index (χ3n) is 3.96. The van der Waals surface area contributed by atoms with Crippen LogP contribution in [0.5, 0.6) is 0 Å². The van der Waals surface area contributed by atoms with Gasteiger partial charge >= 0.3 is 0 Å². The van der Waals surface area contributed by atoms with Gasteiger partial charge < -0.3 is 0 Å². The summed E-state index contributed by atoms with van der Waals surface area (Å²) in [6.07, 6.45) is 5.87. The molecule has 0 aromatic carbocycles. The van der Waals surface area contributed by atoms with E-state index in [2.05, 4.69) is 43.3 Å². The van der Waals surface area contributed by atoms with Gasteiger partial charge in [0.2, 0.25) is 0 Å². The zero-order chi connectivity index (χ0) is 10.4. The number of hydrogen-bond acceptors (Lipinski definition) is 1. The zero-order valence-corrected chi connectivity index (χ0v) is 12.4. The van der Waals surface area contributed by atoms with E-state index in [1.165, 1.54) is 35.0 Å². The van der Waals surface area contributed by atoms with Crippen LogP contribution in [0, 0.1) is 17.8 Å². The van der Waals surface area contributed by atoms with Crippen molar-refractivity contribution in [2.45, 2.75) is 30.5 Å². The third-order valence-corrected chi connectivity index (χ3v) is 7.28. The molecular formula is C12H14Br2S. The monoisotopic (exact) mass is 348 g/mol. The maximum atomic E-state index is 3.91. The summed E-state index contributed by atoms with van der Waals surface area (Å²) in [5, 5.41) is 2.18. The summed E-state index contributed by atoms with van der Waals surface area (Å²) in [6, 6.07) is 2.17. The summed E-state index contributed by atoms with van der Waals surface area (Å²) < 4.78 is 1.29. The Bertz CT molecular complexity index is 348. The van der Waals surface area contributed by atoms with Gasteiger partial charge in [-0.25, -0.2) is 0 Å². The number of halogens is 2. The Morgan fingerprint density at radius 3 is 2.47 bits per heavy atom. The Morgan fingerprint density at radius 2 is 1.93 bits per heavy atom. The fraction of sp³-hybridized carbons (Fsp3) is 0.667. The molecule has 1 aromatic heterocycles. The van der Waals surface area contributed by atoms with Crippen molar-refractivity contribution >= 4 is 43.2 Å². The minimum atomic E-state index is 0.597. The molecule has 3 atom stereocenters. The molecule has 0 aliphatic heterocycles. The second kappa shape index (κ2) is 4.15. The van der Waals surface area contributed by atoms with Gasteiger partial charge in [0.25, 0.3) is 0 Å². The summed E-state index contributed by atoms with van der Waals surface area (Å²) >= 11 is 9.43. The minimum Gasteiger partial charge on any atom is -0.147 e. The molecule has 0 amide bonds. The van der Waals surface area contributed by atoms with Crippen molar-refractivity contribution < 1.29 is 0 Å². The fourth-order valence-electron chi connectivity index (χ4n) is 3.16. The Morgan fingerprint density at radius 1 is 1.27 bits per heavy atom. The van der Waals surface area contributed by atoms with Crippen LogP contribution in [0.1, 0.15) is 35.4 Å². The molecule has 2 aliphatic carbocycles. The third kappa shape index (κ3) is 1.85. The number of fused-ring (bicyclic) bond motifs is 1. The van der Waals surface area contributed by atoms with Crippen LogP contribution in [0.2, 0.25) is 0 Å². The second-order valence-corrected chi connectivity index (χ2v) is 7.51. The first-order valence-electron chi connectivity index (χ1n) is 5.66. The van der Waals surface area contributed by atoms with Crippen LogP contribution in [0.3, 0.4) is 0 Å². The Hall–Kier alpha value is 0.660. The summed E-state index contributed by atoms with van der Waals surface area (Å²) in [4.78, 5) is 2.09. The van der Waals surface area contributed by atoms with Crippen molar-refractivity contribution in [1.29, 1.82) is 0 Å². The summed E-state index contributed by atoms with van der Waals surface area (Å²) in [5.41, 5.74) is 0. The summed E-state index contributed by atoms with van der Waals surface area (Å²) in [6.45, 7) is 0. The van der Waals surface area contributed by atoms with Crippen LogP contribution in [-0.2, 0) is 0 Å². The molecule has 15 heavy (non-hydrogen) atoms. The minimum absolute atomic E-state index is 0.597. The van der Waals surface area contributed by atoms with Crippen molar-refractivity contribution in [2.75, 3.05) is 0 Å². The molecule has 0 N–H and O–H groups in total. The van der Waals surface area contributed by atoms with E-state index in [0.29, 0.717) is 4.83 Å². The van der Waals surface area contributed by atoms with Gasteiger partial charge in [-0.05, 0) is 58.0 Å². The molecular weight excluding hydrogens is 336 g/mol. The number of alkyl halides is 1. The van der Waals surface area contributed by atoms with Gasteiger partial charge in [-0.3, -0.25) is 0 Å². The lowest BCUT2D eigenvalue weighted by molar-refractivity contribution is 0.480. The summed E-state index contributed by atoms with van der Waals surface area (Å²) in [5.74, 6) is 2.97.